The number of rotatable bonds is 3. The molecule has 6 heteroatoms. The first kappa shape index (κ1) is 12.3. The van der Waals surface area contributed by atoms with Crippen molar-refractivity contribution in [1.82, 2.24) is 9.55 Å². The van der Waals surface area contributed by atoms with Gasteiger partial charge in [0.05, 0.1) is 5.69 Å². The van der Waals surface area contributed by atoms with Gasteiger partial charge in [-0.3, -0.25) is 0 Å². The number of halogens is 2. The van der Waals surface area contributed by atoms with Crippen molar-refractivity contribution in [2.45, 2.75) is 13.0 Å². The highest BCUT2D eigenvalue weighted by molar-refractivity contribution is 5.53. The van der Waals surface area contributed by atoms with Crippen LogP contribution in [-0.2, 0) is 7.05 Å². The molecule has 0 amide bonds. The number of ether oxygens (including phenoxy) is 1. The highest BCUT2D eigenvalue weighted by Crippen LogP contribution is 2.30. The molecule has 96 valence electrons. The van der Waals surface area contributed by atoms with Crippen molar-refractivity contribution in [1.29, 1.82) is 0 Å². The maximum absolute atomic E-state index is 13.6. The summed E-state index contributed by atoms with van der Waals surface area (Å²) in [7, 11) is 1.79. The van der Waals surface area contributed by atoms with E-state index in [4.69, 9.17) is 10.5 Å². The minimum Gasteiger partial charge on any atom is -0.477 e. The summed E-state index contributed by atoms with van der Waals surface area (Å²) in [4.78, 5) is 4.07. The summed E-state index contributed by atoms with van der Waals surface area (Å²) in [5, 5.41) is 0. The molecular formula is C12H13F2N3O. The first-order valence-corrected chi connectivity index (χ1v) is 5.38. The summed E-state index contributed by atoms with van der Waals surface area (Å²) in [5.74, 6) is -1.77. The quantitative estimate of drug-likeness (QED) is 0.855. The lowest BCUT2D eigenvalue weighted by molar-refractivity contribution is 0.202. The molecule has 0 fully saturated rings. The van der Waals surface area contributed by atoms with E-state index in [0.29, 0.717) is 5.82 Å². The van der Waals surface area contributed by atoms with Gasteiger partial charge in [-0.15, -0.1) is 0 Å². The highest BCUT2D eigenvalue weighted by atomic mass is 19.2. The van der Waals surface area contributed by atoms with Gasteiger partial charge < -0.3 is 15.0 Å². The number of nitrogens with zero attached hydrogens (tertiary/aromatic N) is 2. The van der Waals surface area contributed by atoms with E-state index in [1.165, 1.54) is 6.07 Å². The van der Waals surface area contributed by atoms with E-state index in [-0.39, 0.29) is 11.4 Å². The topological polar surface area (TPSA) is 53.1 Å². The molecule has 1 atom stereocenters. The number of nitrogens with two attached hydrogens (primary N) is 1. The highest BCUT2D eigenvalue weighted by Gasteiger charge is 2.19. The number of aryl methyl sites for hydroxylation is 1. The van der Waals surface area contributed by atoms with Gasteiger partial charge in [0, 0.05) is 19.4 Å². The minimum atomic E-state index is -1.09. The lowest BCUT2D eigenvalue weighted by Gasteiger charge is -2.16. The normalized spacial score (nSPS) is 12.4. The van der Waals surface area contributed by atoms with Crippen molar-refractivity contribution in [2.24, 2.45) is 7.05 Å². The number of benzene rings is 1. The van der Waals surface area contributed by atoms with E-state index in [2.05, 4.69) is 4.98 Å². The molecule has 0 spiro atoms. The zero-order valence-corrected chi connectivity index (χ0v) is 10.0. The Kier molecular flexibility index (Phi) is 3.18. The number of hydrogen-bond acceptors (Lipinski definition) is 3. The Bertz CT molecular complexity index is 568. The van der Waals surface area contributed by atoms with Gasteiger partial charge in [-0.2, -0.15) is 4.39 Å². The number of anilines is 1. The number of imidazole rings is 1. The molecule has 0 aliphatic rings. The lowest BCUT2D eigenvalue weighted by Crippen LogP contribution is -2.11. The maximum atomic E-state index is 13.6. The van der Waals surface area contributed by atoms with Gasteiger partial charge in [0.15, 0.2) is 17.7 Å². The van der Waals surface area contributed by atoms with Crippen LogP contribution in [0.5, 0.6) is 5.75 Å². The van der Waals surface area contributed by atoms with Crippen molar-refractivity contribution in [3.63, 3.8) is 0 Å². The smallest absolute Gasteiger partial charge is 0.202 e. The van der Waals surface area contributed by atoms with Crippen molar-refractivity contribution in [3.05, 3.63) is 42.0 Å². The third kappa shape index (κ3) is 2.13. The molecule has 2 aromatic rings. The maximum Gasteiger partial charge on any atom is 0.202 e. The fraction of sp³-hybridized carbons (Fsp3) is 0.250. The van der Waals surface area contributed by atoms with Gasteiger partial charge in [0.1, 0.15) is 5.82 Å². The number of nitrogen functional groups attached to an aromatic ring is 1. The van der Waals surface area contributed by atoms with Crippen molar-refractivity contribution in [2.75, 3.05) is 5.73 Å². The number of aromatic nitrogens is 2. The van der Waals surface area contributed by atoms with Crippen LogP contribution in [0.2, 0.25) is 0 Å². The van der Waals surface area contributed by atoms with E-state index in [1.807, 2.05) is 0 Å². The molecule has 18 heavy (non-hydrogen) atoms. The Morgan fingerprint density at radius 2 is 2.11 bits per heavy atom. The van der Waals surface area contributed by atoms with E-state index < -0.39 is 17.7 Å². The molecule has 0 saturated heterocycles. The lowest BCUT2D eigenvalue weighted by atomic mass is 10.2. The first-order valence-electron chi connectivity index (χ1n) is 5.38. The van der Waals surface area contributed by atoms with Crippen LogP contribution in [0.3, 0.4) is 0 Å². The van der Waals surface area contributed by atoms with Crippen LogP contribution in [-0.4, -0.2) is 9.55 Å². The summed E-state index contributed by atoms with van der Waals surface area (Å²) in [5.41, 5.74) is 5.62. The average molecular weight is 253 g/mol. The third-order valence-electron chi connectivity index (χ3n) is 2.60. The van der Waals surface area contributed by atoms with Crippen molar-refractivity contribution >= 4 is 5.69 Å². The second kappa shape index (κ2) is 4.64. The molecule has 2 rings (SSSR count). The Labute approximate surface area is 103 Å². The third-order valence-corrected chi connectivity index (χ3v) is 2.60. The SMILES string of the molecule is CC(Oc1c(N)ccc(F)c1F)c1nccn1C. The second-order valence-electron chi connectivity index (χ2n) is 3.94. The van der Waals surface area contributed by atoms with Crippen molar-refractivity contribution in [3.8, 4) is 5.75 Å². The molecule has 1 unspecified atom stereocenters. The second-order valence-corrected chi connectivity index (χ2v) is 3.94. The predicted octanol–water partition coefficient (Wildman–Crippen LogP) is 2.42. The van der Waals surface area contributed by atoms with Gasteiger partial charge in [0.2, 0.25) is 5.82 Å². The zero-order valence-electron chi connectivity index (χ0n) is 10.0. The molecule has 0 aliphatic heterocycles. The monoisotopic (exact) mass is 253 g/mol. The number of hydrogen-bond donors (Lipinski definition) is 1. The van der Waals surface area contributed by atoms with Gasteiger partial charge in [-0.25, -0.2) is 9.37 Å². The van der Waals surface area contributed by atoms with Gasteiger partial charge >= 0.3 is 0 Å². The minimum absolute atomic E-state index is 0.0509. The molecule has 4 nitrogen and oxygen atoms in total. The largest absolute Gasteiger partial charge is 0.477 e. The Morgan fingerprint density at radius 1 is 1.39 bits per heavy atom. The van der Waals surface area contributed by atoms with Crippen molar-refractivity contribution < 1.29 is 13.5 Å². The van der Waals surface area contributed by atoms with E-state index in [1.54, 1.807) is 30.9 Å². The first-order chi connectivity index (χ1) is 8.50. The molecule has 0 bridgehead atoms. The van der Waals surface area contributed by atoms with Gasteiger partial charge in [0.25, 0.3) is 0 Å². The zero-order chi connectivity index (χ0) is 13.3. The van der Waals surface area contributed by atoms with Crippen LogP contribution in [0.25, 0.3) is 0 Å². The van der Waals surface area contributed by atoms with E-state index >= 15 is 0 Å². The molecule has 1 heterocycles. The standard InChI is InChI=1S/C12H13F2N3O/c1-7(12-16-5-6-17(12)2)18-11-9(15)4-3-8(13)10(11)14/h3-7H,15H2,1-2H3. The summed E-state index contributed by atoms with van der Waals surface area (Å²) < 4.78 is 33.8. The molecule has 1 aromatic heterocycles. The summed E-state index contributed by atoms with van der Waals surface area (Å²) in [6.07, 6.45) is 2.80. The average Bonchev–Trinajstić information content (AvgIpc) is 2.76. The van der Waals surface area contributed by atoms with Crippen LogP contribution in [0, 0.1) is 11.6 Å². The molecule has 0 aliphatic carbocycles. The fourth-order valence-electron chi connectivity index (χ4n) is 1.67. The van der Waals surface area contributed by atoms with Crippen LogP contribution in [0.4, 0.5) is 14.5 Å². The Morgan fingerprint density at radius 3 is 2.72 bits per heavy atom. The summed E-state index contributed by atoms with van der Waals surface area (Å²) in [6.45, 7) is 1.69. The van der Waals surface area contributed by atoms with E-state index in [0.717, 1.165) is 6.07 Å². The molecule has 0 saturated carbocycles. The van der Waals surface area contributed by atoms with Gasteiger partial charge in [-0.05, 0) is 19.1 Å². The molecular weight excluding hydrogens is 240 g/mol. The van der Waals surface area contributed by atoms with Crippen LogP contribution >= 0.6 is 0 Å². The fourth-order valence-corrected chi connectivity index (χ4v) is 1.67. The molecule has 1 aromatic carbocycles. The van der Waals surface area contributed by atoms with Crippen LogP contribution in [0.1, 0.15) is 18.9 Å². The van der Waals surface area contributed by atoms with Gasteiger partial charge in [-0.1, -0.05) is 0 Å². The van der Waals surface area contributed by atoms with Crippen LogP contribution < -0.4 is 10.5 Å². The Hall–Kier alpha value is -2.11. The van der Waals surface area contributed by atoms with Crippen LogP contribution in [0.15, 0.2) is 24.5 Å². The van der Waals surface area contributed by atoms with E-state index in [9.17, 15) is 8.78 Å². The Balaban J connectivity index is 2.30. The molecule has 2 N–H and O–H groups in total. The molecule has 0 radical (unpaired) electrons. The summed E-state index contributed by atoms with van der Waals surface area (Å²) in [6, 6.07) is 2.22. The summed E-state index contributed by atoms with van der Waals surface area (Å²) >= 11 is 0. The predicted molar refractivity (Wildman–Crippen MR) is 63.0 cm³/mol.